The fourth-order valence-corrected chi connectivity index (χ4v) is 2.59. The summed E-state index contributed by atoms with van der Waals surface area (Å²) in [5, 5.41) is 3.05. The molecule has 2 rings (SSSR count). The molecule has 6 nitrogen and oxygen atoms in total. The van der Waals surface area contributed by atoms with Crippen molar-refractivity contribution in [3.63, 3.8) is 0 Å². The first-order valence-electron chi connectivity index (χ1n) is 7.27. The Labute approximate surface area is 121 Å². The van der Waals surface area contributed by atoms with E-state index in [9.17, 15) is 0 Å². The van der Waals surface area contributed by atoms with Gasteiger partial charge in [-0.3, -0.25) is 4.90 Å². The van der Waals surface area contributed by atoms with Crippen LogP contribution in [0.25, 0.3) is 0 Å². The molecule has 112 valence electrons. The van der Waals surface area contributed by atoms with Crippen LogP contribution in [0.4, 0.5) is 11.6 Å². The molecule has 1 aliphatic heterocycles. The number of rotatable bonds is 5. The lowest BCUT2D eigenvalue weighted by Crippen LogP contribution is -2.49. The van der Waals surface area contributed by atoms with Gasteiger partial charge in [0, 0.05) is 39.3 Å². The zero-order valence-electron chi connectivity index (χ0n) is 12.9. The van der Waals surface area contributed by atoms with E-state index in [0.29, 0.717) is 6.04 Å². The molecule has 6 heteroatoms. The molecule has 1 unspecified atom stereocenters. The molecule has 1 fully saturated rings. The molecule has 0 aromatic carbocycles. The first-order chi connectivity index (χ1) is 9.71. The van der Waals surface area contributed by atoms with Crippen molar-refractivity contribution in [3.05, 3.63) is 6.33 Å². The third kappa shape index (κ3) is 2.95. The van der Waals surface area contributed by atoms with Crippen LogP contribution in [0.1, 0.15) is 20.3 Å². The summed E-state index contributed by atoms with van der Waals surface area (Å²) in [5.41, 5.74) is 0. The maximum absolute atomic E-state index is 5.47. The fraction of sp³-hybridized carbons (Fsp3) is 0.714. The zero-order valence-corrected chi connectivity index (χ0v) is 12.9. The Kier molecular flexibility index (Phi) is 5.00. The predicted molar refractivity (Wildman–Crippen MR) is 81.7 cm³/mol. The summed E-state index contributed by atoms with van der Waals surface area (Å²) in [4.78, 5) is 13.4. The second-order valence-corrected chi connectivity index (χ2v) is 5.11. The van der Waals surface area contributed by atoms with Crippen LogP contribution in [0.3, 0.4) is 0 Å². The van der Waals surface area contributed by atoms with Gasteiger partial charge < -0.3 is 15.0 Å². The Hall–Kier alpha value is -1.56. The average molecular weight is 279 g/mol. The minimum absolute atomic E-state index is 0.650. The van der Waals surface area contributed by atoms with E-state index in [2.05, 4.69) is 38.9 Å². The molecule has 1 aromatic rings. The van der Waals surface area contributed by atoms with Crippen LogP contribution >= 0.6 is 0 Å². The maximum atomic E-state index is 5.47. The van der Waals surface area contributed by atoms with Crippen LogP contribution in [-0.2, 0) is 0 Å². The molecule has 0 saturated carbocycles. The molecule has 0 aliphatic carbocycles. The quantitative estimate of drug-likeness (QED) is 0.880. The lowest BCUT2D eigenvalue weighted by Gasteiger charge is -2.38. The lowest BCUT2D eigenvalue weighted by molar-refractivity contribution is 0.192. The molecule has 20 heavy (non-hydrogen) atoms. The number of piperazine rings is 1. The largest absolute Gasteiger partial charge is 0.490 e. The predicted octanol–water partition coefficient (Wildman–Crippen LogP) is 1.45. The third-order valence-electron chi connectivity index (χ3n) is 4.05. The number of methoxy groups -OCH3 is 1. The van der Waals surface area contributed by atoms with Gasteiger partial charge in [-0.1, -0.05) is 6.92 Å². The van der Waals surface area contributed by atoms with Gasteiger partial charge in [0.2, 0.25) is 5.75 Å². The molecular formula is C14H25N5O. The van der Waals surface area contributed by atoms with E-state index < -0.39 is 0 Å². The SMILES string of the molecule is CCC(C)N1CCN(c2ncnc(NC)c2OC)CC1. The van der Waals surface area contributed by atoms with Crippen LogP contribution < -0.4 is 15.0 Å². The minimum Gasteiger partial charge on any atom is -0.490 e. The lowest BCUT2D eigenvalue weighted by atomic mass is 10.2. The van der Waals surface area contributed by atoms with Crippen molar-refractivity contribution in [1.29, 1.82) is 0 Å². The highest BCUT2D eigenvalue weighted by atomic mass is 16.5. The summed E-state index contributed by atoms with van der Waals surface area (Å²) >= 11 is 0. The number of ether oxygens (including phenoxy) is 1. The normalized spacial score (nSPS) is 17.9. The molecule has 1 saturated heterocycles. The number of anilines is 2. The van der Waals surface area contributed by atoms with E-state index >= 15 is 0 Å². The van der Waals surface area contributed by atoms with E-state index in [4.69, 9.17) is 4.74 Å². The Morgan fingerprint density at radius 2 is 2.00 bits per heavy atom. The van der Waals surface area contributed by atoms with Gasteiger partial charge in [-0.25, -0.2) is 9.97 Å². The number of nitrogens with zero attached hydrogens (tertiary/aromatic N) is 4. The Morgan fingerprint density at radius 1 is 1.30 bits per heavy atom. The second kappa shape index (κ2) is 6.74. The molecule has 0 spiro atoms. The van der Waals surface area contributed by atoms with Gasteiger partial charge in [0.25, 0.3) is 0 Å². The molecule has 1 N–H and O–H groups in total. The van der Waals surface area contributed by atoms with E-state index in [-0.39, 0.29) is 0 Å². The Bertz CT molecular complexity index is 432. The number of aromatic nitrogens is 2. The molecule has 1 aliphatic rings. The Balaban J connectivity index is 2.11. The molecule has 2 heterocycles. The fourth-order valence-electron chi connectivity index (χ4n) is 2.59. The van der Waals surface area contributed by atoms with Gasteiger partial charge in [0.05, 0.1) is 7.11 Å². The van der Waals surface area contributed by atoms with E-state index in [1.54, 1.807) is 13.4 Å². The first kappa shape index (κ1) is 14.8. The second-order valence-electron chi connectivity index (χ2n) is 5.11. The van der Waals surface area contributed by atoms with Crippen molar-refractivity contribution >= 4 is 11.6 Å². The summed E-state index contributed by atoms with van der Waals surface area (Å²) in [6.07, 6.45) is 2.78. The van der Waals surface area contributed by atoms with Gasteiger partial charge in [0.15, 0.2) is 11.6 Å². The topological polar surface area (TPSA) is 53.5 Å². The van der Waals surface area contributed by atoms with E-state index in [1.807, 2.05) is 7.05 Å². The summed E-state index contributed by atoms with van der Waals surface area (Å²) < 4.78 is 5.47. The number of hydrogen-bond acceptors (Lipinski definition) is 6. The van der Waals surface area contributed by atoms with E-state index in [1.165, 1.54) is 6.42 Å². The van der Waals surface area contributed by atoms with Crippen LogP contribution in [-0.4, -0.2) is 61.2 Å². The first-order valence-corrected chi connectivity index (χ1v) is 7.27. The zero-order chi connectivity index (χ0) is 14.5. The van der Waals surface area contributed by atoms with Crippen LogP contribution in [0.5, 0.6) is 5.75 Å². The molecule has 1 atom stereocenters. The molecule has 0 bridgehead atoms. The highest BCUT2D eigenvalue weighted by Gasteiger charge is 2.24. The summed E-state index contributed by atoms with van der Waals surface area (Å²) in [5.74, 6) is 2.35. The van der Waals surface area contributed by atoms with Gasteiger partial charge in [-0.15, -0.1) is 0 Å². The van der Waals surface area contributed by atoms with Gasteiger partial charge in [-0.05, 0) is 13.3 Å². The smallest absolute Gasteiger partial charge is 0.204 e. The van der Waals surface area contributed by atoms with Crippen molar-refractivity contribution in [2.75, 3.05) is 50.6 Å². The molecule has 1 aromatic heterocycles. The van der Waals surface area contributed by atoms with Crippen LogP contribution in [0.2, 0.25) is 0 Å². The summed E-state index contributed by atoms with van der Waals surface area (Å²) in [6, 6.07) is 0.650. The standard InChI is InChI=1S/C14H25N5O/c1-5-11(2)18-6-8-19(9-7-18)14-12(20-4)13(15-3)16-10-17-14/h10-11H,5-9H2,1-4H3,(H,15,16,17). The number of nitrogens with one attached hydrogen (secondary N) is 1. The molecule has 0 amide bonds. The highest BCUT2D eigenvalue weighted by molar-refractivity contribution is 5.64. The average Bonchev–Trinajstić information content (AvgIpc) is 2.53. The molecule has 0 radical (unpaired) electrons. The van der Waals surface area contributed by atoms with Crippen molar-refractivity contribution < 1.29 is 4.74 Å². The van der Waals surface area contributed by atoms with Gasteiger partial charge in [0.1, 0.15) is 6.33 Å². The monoisotopic (exact) mass is 279 g/mol. The molecular weight excluding hydrogens is 254 g/mol. The van der Waals surface area contributed by atoms with Crippen LogP contribution in [0.15, 0.2) is 6.33 Å². The third-order valence-corrected chi connectivity index (χ3v) is 4.05. The minimum atomic E-state index is 0.650. The maximum Gasteiger partial charge on any atom is 0.204 e. The summed E-state index contributed by atoms with van der Waals surface area (Å²) in [6.45, 7) is 8.61. The summed E-state index contributed by atoms with van der Waals surface area (Å²) in [7, 11) is 3.51. The van der Waals surface area contributed by atoms with Gasteiger partial charge >= 0.3 is 0 Å². The van der Waals surface area contributed by atoms with Crippen LogP contribution in [0, 0.1) is 0 Å². The number of hydrogen-bond donors (Lipinski definition) is 1. The highest BCUT2D eigenvalue weighted by Crippen LogP contribution is 2.32. The van der Waals surface area contributed by atoms with Gasteiger partial charge in [-0.2, -0.15) is 0 Å². The van der Waals surface area contributed by atoms with Crippen molar-refractivity contribution in [1.82, 2.24) is 14.9 Å². The van der Waals surface area contributed by atoms with Crippen molar-refractivity contribution in [2.45, 2.75) is 26.3 Å². The van der Waals surface area contributed by atoms with Crippen molar-refractivity contribution in [3.8, 4) is 5.75 Å². The van der Waals surface area contributed by atoms with Crippen molar-refractivity contribution in [2.24, 2.45) is 0 Å². The van der Waals surface area contributed by atoms with E-state index in [0.717, 1.165) is 43.6 Å². The Morgan fingerprint density at radius 3 is 2.55 bits per heavy atom.